The summed E-state index contributed by atoms with van der Waals surface area (Å²) in [5.74, 6) is -0.757. The third-order valence-electron chi connectivity index (χ3n) is 2.94. The summed E-state index contributed by atoms with van der Waals surface area (Å²) in [6, 6.07) is 10.6. The molecule has 1 heterocycles. The number of aromatic carboxylic acids is 1. The number of carboxylic acid groups (broad SMARTS) is 1. The number of fused-ring (bicyclic) bond motifs is 1. The lowest BCUT2D eigenvalue weighted by molar-refractivity contribution is 0.0694. The molecule has 0 saturated carbocycles. The number of aromatic nitrogens is 2. The standard InChI is InChI=1S/C15H9ClN2O3/c16-12-7-17-8-18-14(12)21-13-10-4-2-1-3-9(10)5-6-11(13)15(19)20/h1-8H,(H,19,20). The molecule has 0 radical (unpaired) electrons. The van der Waals surface area contributed by atoms with Crippen LogP contribution in [0, 0.1) is 0 Å². The fraction of sp³-hybridized carbons (Fsp3) is 0. The Morgan fingerprint density at radius 1 is 1.19 bits per heavy atom. The van der Waals surface area contributed by atoms with Gasteiger partial charge < -0.3 is 9.84 Å². The summed E-state index contributed by atoms with van der Waals surface area (Å²) in [5.41, 5.74) is 0.0448. The van der Waals surface area contributed by atoms with Crippen LogP contribution < -0.4 is 4.74 Å². The number of rotatable bonds is 3. The summed E-state index contributed by atoms with van der Waals surface area (Å²) < 4.78 is 5.65. The van der Waals surface area contributed by atoms with Crippen molar-refractivity contribution in [1.29, 1.82) is 0 Å². The van der Waals surface area contributed by atoms with Gasteiger partial charge in [-0.1, -0.05) is 41.9 Å². The number of halogens is 1. The van der Waals surface area contributed by atoms with Gasteiger partial charge in [0.15, 0.2) is 5.75 Å². The van der Waals surface area contributed by atoms with Crippen LogP contribution in [0.25, 0.3) is 10.8 Å². The van der Waals surface area contributed by atoms with Crippen LogP contribution in [-0.2, 0) is 0 Å². The van der Waals surface area contributed by atoms with Gasteiger partial charge >= 0.3 is 5.97 Å². The first kappa shape index (κ1) is 13.3. The summed E-state index contributed by atoms with van der Waals surface area (Å²) in [5, 5.41) is 11.1. The number of carbonyl (C=O) groups is 1. The molecular weight excluding hydrogens is 292 g/mol. The highest BCUT2D eigenvalue weighted by Crippen LogP contribution is 2.35. The average Bonchev–Trinajstić information content (AvgIpc) is 2.49. The summed E-state index contributed by atoms with van der Waals surface area (Å²) in [6.07, 6.45) is 2.67. The first-order chi connectivity index (χ1) is 10.2. The predicted molar refractivity (Wildman–Crippen MR) is 78.0 cm³/mol. The molecular formula is C15H9ClN2O3. The number of hydrogen-bond acceptors (Lipinski definition) is 4. The van der Waals surface area contributed by atoms with Gasteiger partial charge in [0, 0.05) is 5.39 Å². The number of hydrogen-bond donors (Lipinski definition) is 1. The van der Waals surface area contributed by atoms with E-state index < -0.39 is 5.97 Å². The zero-order valence-electron chi connectivity index (χ0n) is 10.7. The van der Waals surface area contributed by atoms with Gasteiger partial charge in [-0.25, -0.2) is 14.8 Å². The number of ether oxygens (including phenoxy) is 1. The molecule has 0 atom stereocenters. The summed E-state index contributed by atoms with van der Waals surface area (Å²) in [6.45, 7) is 0. The highest BCUT2D eigenvalue weighted by Gasteiger charge is 2.17. The van der Waals surface area contributed by atoms with Crippen LogP contribution in [0.4, 0.5) is 0 Å². The van der Waals surface area contributed by atoms with E-state index in [1.807, 2.05) is 18.2 Å². The molecule has 2 aromatic carbocycles. The molecule has 0 aliphatic rings. The topological polar surface area (TPSA) is 72.3 Å². The van der Waals surface area contributed by atoms with Crippen molar-refractivity contribution in [1.82, 2.24) is 9.97 Å². The Morgan fingerprint density at radius 3 is 2.76 bits per heavy atom. The Bertz CT molecular complexity index is 836. The second-order valence-corrected chi connectivity index (χ2v) is 4.65. The SMILES string of the molecule is O=C(O)c1ccc2ccccc2c1Oc1ncncc1Cl. The zero-order chi connectivity index (χ0) is 14.8. The van der Waals surface area contributed by atoms with Gasteiger partial charge in [-0.15, -0.1) is 0 Å². The van der Waals surface area contributed by atoms with Crippen molar-refractivity contribution in [2.24, 2.45) is 0 Å². The van der Waals surface area contributed by atoms with Gasteiger partial charge in [0.2, 0.25) is 5.88 Å². The van der Waals surface area contributed by atoms with Crippen LogP contribution in [0.15, 0.2) is 48.9 Å². The van der Waals surface area contributed by atoms with Gasteiger partial charge in [0.05, 0.1) is 6.20 Å². The van der Waals surface area contributed by atoms with Crippen LogP contribution in [-0.4, -0.2) is 21.0 Å². The van der Waals surface area contributed by atoms with Crippen molar-refractivity contribution in [3.8, 4) is 11.6 Å². The highest BCUT2D eigenvalue weighted by molar-refractivity contribution is 6.31. The molecule has 0 aliphatic carbocycles. The third-order valence-corrected chi connectivity index (χ3v) is 3.20. The minimum Gasteiger partial charge on any atom is -0.478 e. The lowest BCUT2D eigenvalue weighted by Crippen LogP contribution is -2.01. The third kappa shape index (κ3) is 2.51. The van der Waals surface area contributed by atoms with Crippen LogP contribution in [0.5, 0.6) is 11.6 Å². The molecule has 0 bridgehead atoms. The molecule has 0 fully saturated rings. The molecule has 0 amide bonds. The minimum atomic E-state index is -1.08. The molecule has 0 unspecified atom stereocenters. The Labute approximate surface area is 124 Å². The molecule has 3 rings (SSSR count). The molecule has 0 saturated heterocycles. The van der Waals surface area contributed by atoms with Crippen molar-refractivity contribution < 1.29 is 14.6 Å². The lowest BCUT2D eigenvalue weighted by Gasteiger charge is -2.11. The largest absolute Gasteiger partial charge is 0.478 e. The van der Waals surface area contributed by atoms with Gasteiger partial charge in [-0.3, -0.25) is 0 Å². The average molecular weight is 301 g/mol. The number of benzene rings is 2. The molecule has 5 nitrogen and oxygen atoms in total. The number of nitrogens with zero attached hydrogens (tertiary/aromatic N) is 2. The maximum Gasteiger partial charge on any atom is 0.339 e. The summed E-state index contributed by atoms with van der Waals surface area (Å²) in [4.78, 5) is 19.1. The Kier molecular flexibility index (Phi) is 3.41. The minimum absolute atomic E-state index is 0.0448. The quantitative estimate of drug-likeness (QED) is 0.797. The van der Waals surface area contributed by atoms with Gasteiger partial charge in [-0.2, -0.15) is 0 Å². The highest BCUT2D eigenvalue weighted by atomic mass is 35.5. The molecule has 0 aliphatic heterocycles. The molecule has 1 aromatic heterocycles. The molecule has 1 N–H and O–H groups in total. The van der Waals surface area contributed by atoms with E-state index in [1.54, 1.807) is 12.1 Å². The van der Waals surface area contributed by atoms with Crippen molar-refractivity contribution in [2.45, 2.75) is 0 Å². The zero-order valence-corrected chi connectivity index (χ0v) is 11.4. The second-order valence-electron chi connectivity index (χ2n) is 4.25. The van der Waals surface area contributed by atoms with Crippen LogP contribution >= 0.6 is 11.6 Å². The van der Waals surface area contributed by atoms with Crippen molar-refractivity contribution in [3.63, 3.8) is 0 Å². The Hall–Kier alpha value is -2.66. The van der Waals surface area contributed by atoms with E-state index in [0.717, 1.165) is 5.39 Å². The molecule has 104 valence electrons. The molecule has 6 heteroatoms. The van der Waals surface area contributed by atoms with Crippen molar-refractivity contribution >= 4 is 28.3 Å². The van der Waals surface area contributed by atoms with Gasteiger partial charge in [0.25, 0.3) is 0 Å². The molecule has 0 spiro atoms. The normalized spacial score (nSPS) is 10.5. The summed E-state index contributed by atoms with van der Waals surface area (Å²) in [7, 11) is 0. The predicted octanol–water partition coefficient (Wildman–Crippen LogP) is 3.77. The Morgan fingerprint density at radius 2 is 2.00 bits per heavy atom. The number of carboxylic acids is 1. The first-order valence-electron chi connectivity index (χ1n) is 6.05. The van der Waals surface area contributed by atoms with Crippen LogP contribution in [0.2, 0.25) is 5.02 Å². The van der Waals surface area contributed by atoms with Gasteiger partial charge in [-0.05, 0) is 11.5 Å². The van der Waals surface area contributed by atoms with E-state index in [4.69, 9.17) is 16.3 Å². The van der Waals surface area contributed by atoms with Crippen LogP contribution in [0.3, 0.4) is 0 Å². The second kappa shape index (κ2) is 5.38. The monoisotopic (exact) mass is 300 g/mol. The maximum absolute atomic E-state index is 11.4. The van der Waals surface area contributed by atoms with E-state index in [0.29, 0.717) is 5.39 Å². The lowest BCUT2D eigenvalue weighted by atomic mass is 10.1. The molecule has 3 aromatic rings. The van der Waals surface area contributed by atoms with Crippen LogP contribution in [0.1, 0.15) is 10.4 Å². The first-order valence-corrected chi connectivity index (χ1v) is 6.43. The van der Waals surface area contributed by atoms with E-state index in [9.17, 15) is 9.90 Å². The molecule has 21 heavy (non-hydrogen) atoms. The maximum atomic E-state index is 11.4. The van der Waals surface area contributed by atoms with Gasteiger partial charge in [0.1, 0.15) is 16.9 Å². The van der Waals surface area contributed by atoms with E-state index >= 15 is 0 Å². The fourth-order valence-corrected chi connectivity index (χ4v) is 2.14. The summed E-state index contributed by atoms with van der Waals surface area (Å²) >= 11 is 5.96. The van der Waals surface area contributed by atoms with Crippen molar-refractivity contribution in [3.05, 3.63) is 59.5 Å². The van der Waals surface area contributed by atoms with Crippen molar-refractivity contribution in [2.75, 3.05) is 0 Å². The van der Waals surface area contributed by atoms with E-state index in [1.165, 1.54) is 18.6 Å². The fourth-order valence-electron chi connectivity index (χ4n) is 1.99. The smallest absolute Gasteiger partial charge is 0.339 e. The van der Waals surface area contributed by atoms with E-state index in [-0.39, 0.29) is 22.2 Å². The Balaban J connectivity index is 2.21. The van der Waals surface area contributed by atoms with E-state index in [2.05, 4.69) is 9.97 Å².